The first kappa shape index (κ1) is 27.9. The summed E-state index contributed by atoms with van der Waals surface area (Å²) in [7, 11) is 0. The van der Waals surface area contributed by atoms with Crippen LogP contribution in [0, 0.1) is 11.3 Å². The molecule has 1 aromatic carbocycles. The highest BCUT2D eigenvalue weighted by Gasteiger charge is 2.46. The zero-order chi connectivity index (χ0) is 29.4. The number of nitriles is 1. The third-order valence-electron chi connectivity index (χ3n) is 8.37. The Bertz CT molecular complexity index is 1530. The van der Waals surface area contributed by atoms with Crippen LogP contribution in [0.4, 0.5) is 15.8 Å². The molecule has 6 rings (SSSR count). The molecule has 2 aromatic rings. The highest BCUT2D eigenvalue weighted by Crippen LogP contribution is 2.41. The van der Waals surface area contributed by atoms with E-state index in [0.29, 0.717) is 37.4 Å². The molecule has 42 heavy (non-hydrogen) atoms. The maximum absolute atomic E-state index is 15.7. The maximum atomic E-state index is 15.7. The van der Waals surface area contributed by atoms with Crippen molar-refractivity contribution in [1.82, 2.24) is 14.8 Å². The lowest BCUT2D eigenvalue weighted by Gasteiger charge is -2.45. The van der Waals surface area contributed by atoms with Crippen LogP contribution in [-0.4, -0.2) is 82.3 Å². The number of pyridine rings is 1. The predicted molar refractivity (Wildman–Crippen MR) is 157 cm³/mol. The lowest BCUT2D eigenvalue weighted by atomic mass is 9.85. The fraction of sp³-hybridized carbons (Fsp3) is 0.355. The number of aromatic nitrogens is 1. The van der Waals surface area contributed by atoms with E-state index in [0.717, 1.165) is 37.1 Å². The molecular weight excluding hydrogens is 559 g/mol. The van der Waals surface area contributed by atoms with Gasteiger partial charge in [-0.15, -0.1) is 11.6 Å². The Balaban J connectivity index is 1.28. The summed E-state index contributed by atoms with van der Waals surface area (Å²) in [5, 5.41) is 18.3. The van der Waals surface area contributed by atoms with Crippen molar-refractivity contribution in [2.24, 2.45) is 0 Å². The number of likely N-dealkylation sites (tertiary alicyclic amines) is 1. The fourth-order valence-electron chi connectivity index (χ4n) is 6.24. The number of piperazine rings is 1. The zero-order valence-corrected chi connectivity index (χ0v) is 23.7. The van der Waals surface area contributed by atoms with Crippen molar-refractivity contribution in [1.29, 1.82) is 5.26 Å². The molecule has 2 unspecified atom stereocenters. The number of hydrogen-bond acceptors (Lipinski definition) is 8. The molecule has 11 heteroatoms. The first-order valence-electron chi connectivity index (χ1n) is 14.1. The zero-order valence-electron chi connectivity index (χ0n) is 22.9. The largest absolute Gasteiger partial charge is 0.477 e. The van der Waals surface area contributed by atoms with Gasteiger partial charge in [0.25, 0.3) is 0 Å². The number of rotatable bonds is 6. The molecule has 2 saturated heterocycles. The van der Waals surface area contributed by atoms with Crippen molar-refractivity contribution in [2.75, 3.05) is 49.1 Å². The van der Waals surface area contributed by atoms with Crippen molar-refractivity contribution < 1.29 is 19.1 Å². The molecule has 1 aliphatic carbocycles. The van der Waals surface area contributed by atoms with Crippen molar-refractivity contribution in [3.63, 3.8) is 0 Å². The van der Waals surface area contributed by atoms with Gasteiger partial charge in [0.05, 0.1) is 40.6 Å². The maximum Gasteiger partial charge on any atom is 0.341 e. The van der Waals surface area contributed by atoms with Crippen LogP contribution >= 0.6 is 11.6 Å². The summed E-state index contributed by atoms with van der Waals surface area (Å²) in [5.74, 6) is -2.79. The molecule has 0 spiro atoms. The average Bonchev–Trinajstić information content (AvgIpc) is 3.51. The summed E-state index contributed by atoms with van der Waals surface area (Å²) in [6, 6.07) is 12.5. The molecule has 0 radical (unpaired) electrons. The van der Waals surface area contributed by atoms with Gasteiger partial charge in [0.1, 0.15) is 22.8 Å². The van der Waals surface area contributed by atoms with Crippen LogP contribution in [0.15, 0.2) is 77.5 Å². The number of hydrogen-bond donors (Lipinski definition) is 1. The summed E-state index contributed by atoms with van der Waals surface area (Å²) >= 11 is 7.03. The van der Waals surface area contributed by atoms with Gasteiger partial charge in [0.2, 0.25) is 0 Å². The summed E-state index contributed by atoms with van der Waals surface area (Å²) in [4.78, 5) is 37.7. The van der Waals surface area contributed by atoms with E-state index in [2.05, 4.69) is 20.9 Å². The number of carbonyl (C=O) groups is 2. The van der Waals surface area contributed by atoms with Crippen LogP contribution in [0.25, 0.3) is 0 Å². The minimum absolute atomic E-state index is 0.00104. The molecule has 2 atom stereocenters. The third kappa shape index (κ3) is 5.14. The Kier molecular flexibility index (Phi) is 7.71. The normalized spacial score (nSPS) is 23.0. The van der Waals surface area contributed by atoms with E-state index in [1.54, 1.807) is 17.2 Å². The van der Waals surface area contributed by atoms with E-state index in [9.17, 15) is 20.0 Å². The topological polar surface area (TPSA) is 104 Å². The molecule has 4 aliphatic rings. The number of halogens is 2. The van der Waals surface area contributed by atoms with E-state index >= 15 is 4.39 Å². The standard InChI is InChI=1S/C31H30ClFN6O3/c32-27-28-23(15-25(33)29(27)38-13-11-37(12-14-38)26-6-2-1-5-20(26)16-34)30(40)24(31(41)42)19-39(28)22-8-7-21(35-17-22)18-36-9-3-4-10-36/h1-2,5-8,15,17,19,27-28H,3-4,9-14,18H2,(H,41,42). The number of allylic oxidation sites excluding steroid dienone is 2. The van der Waals surface area contributed by atoms with Crippen LogP contribution in [0.1, 0.15) is 24.1 Å². The lowest BCUT2D eigenvalue weighted by molar-refractivity contribution is -0.134. The lowest BCUT2D eigenvalue weighted by Crippen LogP contribution is -2.54. The molecule has 2 fully saturated rings. The van der Waals surface area contributed by atoms with E-state index < -0.39 is 34.6 Å². The SMILES string of the molecule is N#Cc1ccccc1N1CCN(C2=C(F)C=C3C(=O)C(C(=O)O)=CN(c4ccc(CN5CCCC5)nc4)C3C2Cl)CC1. The van der Waals surface area contributed by atoms with E-state index in [1.165, 1.54) is 19.0 Å². The van der Waals surface area contributed by atoms with Gasteiger partial charge in [-0.25, -0.2) is 9.18 Å². The van der Waals surface area contributed by atoms with Crippen LogP contribution in [0.3, 0.4) is 0 Å². The number of ketones is 1. The van der Waals surface area contributed by atoms with Gasteiger partial charge >= 0.3 is 5.97 Å². The predicted octanol–water partition coefficient (Wildman–Crippen LogP) is 3.83. The average molecular weight is 589 g/mol. The molecule has 3 aliphatic heterocycles. The molecule has 0 saturated carbocycles. The Morgan fingerprint density at radius 3 is 2.45 bits per heavy atom. The number of Topliss-reactive ketones (excluding diaryl/α,β-unsaturated/α-hetero) is 1. The molecular formula is C31H30ClFN6O3. The smallest absolute Gasteiger partial charge is 0.341 e. The van der Waals surface area contributed by atoms with Gasteiger partial charge < -0.3 is 19.8 Å². The number of carboxylic acids is 1. The minimum atomic E-state index is -1.39. The van der Waals surface area contributed by atoms with Crippen molar-refractivity contribution in [3.05, 3.63) is 88.8 Å². The van der Waals surface area contributed by atoms with Crippen LogP contribution < -0.4 is 9.80 Å². The number of alkyl halides is 1. The highest BCUT2D eigenvalue weighted by molar-refractivity contribution is 6.29. The number of aliphatic carboxylic acids is 1. The fourth-order valence-corrected chi connectivity index (χ4v) is 6.74. The van der Waals surface area contributed by atoms with Gasteiger partial charge in [0, 0.05) is 44.5 Å². The number of benzene rings is 1. The molecule has 216 valence electrons. The second-order valence-corrected chi connectivity index (χ2v) is 11.3. The second-order valence-electron chi connectivity index (χ2n) is 10.9. The quantitative estimate of drug-likeness (QED) is 0.398. The van der Waals surface area contributed by atoms with Crippen molar-refractivity contribution in [3.8, 4) is 6.07 Å². The Morgan fingerprint density at radius 1 is 1.07 bits per heavy atom. The first-order valence-corrected chi connectivity index (χ1v) is 14.5. The molecule has 0 amide bonds. The summed E-state index contributed by atoms with van der Waals surface area (Å²) in [6.07, 6.45) is 6.42. The van der Waals surface area contributed by atoms with Gasteiger partial charge in [-0.3, -0.25) is 14.7 Å². The van der Waals surface area contributed by atoms with E-state index in [4.69, 9.17) is 11.6 Å². The number of para-hydroxylation sites is 1. The minimum Gasteiger partial charge on any atom is -0.477 e. The van der Waals surface area contributed by atoms with Crippen molar-refractivity contribution in [2.45, 2.75) is 30.8 Å². The second kappa shape index (κ2) is 11.6. The molecule has 4 heterocycles. The summed E-state index contributed by atoms with van der Waals surface area (Å²) < 4.78 is 15.7. The number of fused-ring (bicyclic) bond motifs is 1. The van der Waals surface area contributed by atoms with Crippen LogP contribution in [0.5, 0.6) is 0 Å². The number of nitrogens with zero attached hydrogens (tertiary/aromatic N) is 6. The number of anilines is 2. The molecule has 1 aromatic heterocycles. The summed E-state index contributed by atoms with van der Waals surface area (Å²) in [6.45, 7) is 4.81. The number of carbonyl (C=O) groups excluding carboxylic acids is 1. The van der Waals surface area contributed by atoms with E-state index in [-0.39, 0.29) is 11.3 Å². The monoisotopic (exact) mass is 588 g/mol. The third-order valence-corrected chi connectivity index (χ3v) is 8.81. The van der Waals surface area contributed by atoms with E-state index in [1.807, 2.05) is 35.2 Å². The first-order chi connectivity index (χ1) is 20.4. The Morgan fingerprint density at radius 2 is 1.79 bits per heavy atom. The number of carboxylic acid groups (broad SMARTS) is 1. The van der Waals surface area contributed by atoms with Gasteiger partial charge in [-0.1, -0.05) is 12.1 Å². The van der Waals surface area contributed by atoms with Crippen molar-refractivity contribution >= 4 is 34.7 Å². The van der Waals surface area contributed by atoms with Gasteiger partial charge in [-0.05, 0) is 56.3 Å². The van der Waals surface area contributed by atoms with Crippen LogP contribution in [-0.2, 0) is 16.1 Å². The molecule has 9 nitrogen and oxygen atoms in total. The molecule has 0 bridgehead atoms. The van der Waals surface area contributed by atoms with Gasteiger partial charge in [0.15, 0.2) is 5.78 Å². The molecule has 1 N–H and O–H groups in total. The van der Waals surface area contributed by atoms with Gasteiger partial charge in [-0.2, -0.15) is 5.26 Å². The Hall–Kier alpha value is -4.20. The van der Waals surface area contributed by atoms with Crippen LogP contribution in [0.2, 0.25) is 0 Å². The Labute approximate surface area is 248 Å². The summed E-state index contributed by atoms with van der Waals surface area (Å²) in [5.41, 5.74) is 2.67. The highest BCUT2D eigenvalue weighted by atomic mass is 35.5.